The van der Waals surface area contributed by atoms with Crippen molar-refractivity contribution in [2.24, 2.45) is 16.7 Å². The number of ketones is 2. The standard InChI is InChI=1S/C21H36O6S2/c1-4-5-6-7-18(22)15-28(12-10-26-11-13-28)27-29(24,25)16-21-9-8-17(14-19(21)23)20(21,2)3/h17H,4-16H2,1-3H3. The molecule has 0 aromatic carbocycles. The SMILES string of the molecule is CCCCCC(=O)CS1(OS(=O)(=O)CC23CCC(CC2=O)C3(C)C)CCOCC1. The topological polar surface area (TPSA) is 86.7 Å². The van der Waals surface area contributed by atoms with Gasteiger partial charge in [0.15, 0.2) is 0 Å². The molecule has 0 N–H and O–H groups in total. The van der Waals surface area contributed by atoms with Crippen LogP contribution in [0.25, 0.3) is 0 Å². The first kappa shape index (κ1) is 23.2. The Morgan fingerprint density at radius 1 is 1.24 bits per heavy atom. The van der Waals surface area contributed by atoms with E-state index < -0.39 is 25.8 Å². The minimum Gasteiger partial charge on any atom is -0.380 e. The van der Waals surface area contributed by atoms with Gasteiger partial charge >= 0.3 is 0 Å². The van der Waals surface area contributed by atoms with E-state index in [-0.39, 0.29) is 34.4 Å². The number of carbonyl (C=O) groups is 2. The van der Waals surface area contributed by atoms with Crippen molar-refractivity contribution in [1.82, 2.24) is 0 Å². The van der Waals surface area contributed by atoms with E-state index in [9.17, 15) is 18.0 Å². The lowest BCUT2D eigenvalue weighted by atomic mass is 9.70. The average molecular weight is 449 g/mol. The van der Waals surface area contributed by atoms with E-state index in [0.29, 0.717) is 44.0 Å². The molecule has 3 rings (SSSR count). The Kier molecular flexibility index (Phi) is 6.88. The van der Waals surface area contributed by atoms with Crippen molar-refractivity contribution in [3.05, 3.63) is 0 Å². The molecule has 2 aliphatic carbocycles. The fourth-order valence-electron chi connectivity index (χ4n) is 5.45. The number of Topliss-reactive ketones (excluding diaryl/α,β-unsaturated/α-hetero) is 2. The van der Waals surface area contributed by atoms with Crippen LogP contribution < -0.4 is 0 Å². The summed E-state index contributed by atoms with van der Waals surface area (Å²) in [6.45, 7) is 6.98. The quantitative estimate of drug-likeness (QED) is 0.474. The molecule has 168 valence electrons. The van der Waals surface area contributed by atoms with Crippen molar-refractivity contribution in [3.63, 3.8) is 0 Å². The molecule has 0 aromatic heterocycles. The number of unbranched alkanes of at least 4 members (excludes halogenated alkanes) is 2. The van der Waals surface area contributed by atoms with Gasteiger partial charge in [0, 0.05) is 24.3 Å². The van der Waals surface area contributed by atoms with Crippen LogP contribution in [0.15, 0.2) is 0 Å². The molecule has 2 atom stereocenters. The third-order valence-electron chi connectivity index (χ3n) is 7.49. The second-order valence-corrected chi connectivity index (χ2v) is 14.5. The van der Waals surface area contributed by atoms with Crippen LogP contribution >= 0.6 is 10.3 Å². The molecule has 0 aromatic rings. The highest BCUT2D eigenvalue weighted by molar-refractivity contribution is 8.33. The predicted octanol–water partition coefficient (Wildman–Crippen LogP) is 3.63. The summed E-state index contributed by atoms with van der Waals surface area (Å²) in [6, 6.07) is 0. The minimum atomic E-state index is -3.93. The molecule has 1 aliphatic heterocycles. The average Bonchev–Trinajstić information content (AvgIpc) is 2.95. The highest BCUT2D eigenvalue weighted by Crippen LogP contribution is 2.65. The highest BCUT2D eigenvalue weighted by atomic mass is 32.3. The summed E-state index contributed by atoms with van der Waals surface area (Å²) in [5.41, 5.74) is -1.16. The third-order valence-corrected chi connectivity index (χ3v) is 13.0. The van der Waals surface area contributed by atoms with E-state index in [1.54, 1.807) is 0 Å². The Morgan fingerprint density at radius 3 is 2.48 bits per heavy atom. The van der Waals surface area contributed by atoms with Crippen molar-refractivity contribution in [2.75, 3.05) is 36.2 Å². The zero-order chi connectivity index (χ0) is 21.3. The van der Waals surface area contributed by atoms with E-state index >= 15 is 0 Å². The van der Waals surface area contributed by atoms with Gasteiger partial charge in [-0.3, -0.25) is 9.59 Å². The number of fused-ring (bicyclic) bond motifs is 2. The zero-order valence-electron chi connectivity index (χ0n) is 18.0. The highest BCUT2D eigenvalue weighted by Gasteiger charge is 2.65. The van der Waals surface area contributed by atoms with Gasteiger partial charge in [-0.1, -0.05) is 33.6 Å². The molecule has 1 saturated heterocycles. The molecule has 8 heteroatoms. The van der Waals surface area contributed by atoms with Crippen molar-refractivity contribution in [1.29, 1.82) is 0 Å². The normalized spacial score (nSPS) is 31.7. The summed E-state index contributed by atoms with van der Waals surface area (Å²) in [4.78, 5) is 25.3. The van der Waals surface area contributed by atoms with Crippen LogP contribution in [-0.4, -0.2) is 56.2 Å². The molecule has 2 unspecified atom stereocenters. The summed E-state index contributed by atoms with van der Waals surface area (Å²) < 4.78 is 37.8. The first-order valence-electron chi connectivity index (χ1n) is 10.9. The van der Waals surface area contributed by atoms with Crippen LogP contribution in [-0.2, 0) is 28.1 Å². The number of carbonyl (C=O) groups excluding carboxylic acids is 2. The number of rotatable bonds is 10. The van der Waals surface area contributed by atoms with Gasteiger partial charge in [-0.15, -0.1) is 10.3 Å². The number of hydrogen-bond donors (Lipinski definition) is 0. The zero-order valence-corrected chi connectivity index (χ0v) is 19.7. The predicted molar refractivity (Wildman–Crippen MR) is 116 cm³/mol. The third kappa shape index (κ3) is 4.60. The summed E-state index contributed by atoms with van der Waals surface area (Å²) >= 11 is 0. The summed E-state index contributed by atoms with van der Waals surface area (Å²) in [5, 5.41) is 0. The van der Waals surface area contributed by atoms with Gasteiger partial charge in [-0.25, -0.2) is 3.63 Å². The summed E-state index contributed by atoms with van der Waals surface area (Å²) in [6.07, 6.45) is 5.34. The Balaban J connectivity index is 1.75. The minimum absolute atomic E-state index is 0.0672. The van der Waals surface area contributed by atoms with Crippen LogP contribution in [0.3, 0.4) is 0 Å². The molecular formula is C21H36O6S2. The van der Waals surface area contributed by atoms with Crippen LogP contribution in [0.5, 0.6) is 0 Å². The van der Waals surface area contributed by atoms with E-state index in [2.05, 4.69) is 6.92 Å². The molecule has 3 fully saturated rings. The van der Waals surface area contributed by atoms with Crippen molar-refractivity contribution in [2.45, 2.75) is 65.7 Å². The van der Waals surface area contributed by atoms with Crippen LogP contribution in [0, 0.1) is 16.7 Å². The van der Waals surface area contributed by atoms with Crippen LogP contribution in [0.2, 0.25) is 0 Å². The maximum absolute atomic E-state index is 13.2. The molecule has 0 radical (unpaired) electrons. The monoisotopic (exact) mass is 448 g/mol. The first-order chi connectivity index (χ1) is 13.6. The number of hydrogen-bond acceptors (Lipinski definition) is 6. The van der Waals surface area contributed by atoms with Gasteiger partial charge in [0.2, 0.25) is 0 Å². The van der Waals surface area contributed by atoms with Crippen molar-refractivity contribution < 1.29 is 26.4 Å². The van der Waals surface area contributed by atoms with E-state index in [1.807, 2.05) is 13.8 Å². The molecule has 0 spiro atoms. The van der Waals surface area contributed by atoms with Crippen LogP contribution in [0.1, 0.15) is 65.7 Å². The Hall–Kier alpha value is -0.440. The Labute approximate surface area is 177 Å². The molecule has 2 saturated carbocycles. The van der Waals surface area contributed by atoms with Crippen LogP contribution in [0.4, 0.5) is 0 Å². The largest absolute Gasteiger partial charge is 0.380 e. The summed E-state index contributed by atoms with van der Waals surface area (Å²) in [7, 11) is -6.02. The van der Waals surface area contributed by atoms with Gasteiger partial charge < -0.3 is 4.74 Å². The number of ether oxygens (including phenoxy) is 1. The fourth-order valence-corrected chi connectivity index (χ4v) is 11.5. The van der Waals surface area contributed by atoms with Gasteiger partial charge in [0.25, 0.3) is 10.1 Å². The lowest BCUT2D eigenvalue weighted by Gasteiger charge is -2.42. The molecular weight excluding hydrogens is 412 g/mol. The molecule has 0 amide bonds. The molecule has 3 aliphatic rings. The molecule has 2 bridgehead atoms. The lowest BCUT2D eigenvalue weighted by molar-refractivity contribution is -0.128. The van der Waals surface area contributed by atoms with Gasteiger partial charge in [0.1, 0.15) is 11.6 Å². The van der Waals surface area contributed by atoms with Gasteiger partial charge in [-0.2, -0.15) is 8.42 Å². The maximum atomic E-state index is 13.2. The summed E-state index contributed by atoms with van der Waals surface area (Å²) in [5.74, 6) is 1.29. The van der Waals surface area contributed by atoms with E-state index in [4.69, 9.17) is 8.37 Å². The molecule has 6 nitrogen and oxygen atoms in total. The second-order valence-electron chi connectivity index (χ2n) is 9.56. The fraction of sp³-hybridized carbons (Fsp3) is 0.905. The van der Waals surface area contributed by atoms with E-state index in [0.717, 1.165) is 25.7 Å². The van der Waals surface area contributed by atoms with E-state index in [1.165, 1.54) is 0 Å². The van der Waals surface area contributed by atoms with Gasteiger partial charge in [0.05, 0.1) is 30.1 Å². The lowest BCUT2D eigenvalue weighted by Crippen LogP contribution is -2.43. The Morgan fingerprint density at radius 2 is 1.93 bits per heavy atom. The Bertz CT molecular complexity index is 738. The second kappa shape index (κ2) is 8.60. The van der Waals surface area contributed by atoms with Gasteiger partial charge in [-0.05, 0) is 30.6 Å². The maximum Gasteiger partial charge on any atom is 0.277 e. The smallest absolute Gasteiger partial charge is 0.277 e. The van der Waals surface area contributed by atoms with Crippen molar-refractivity contribution in [3.8, 4) is 0 Å². The molecule has 29 heavy (non-hydrogen) atoms. The molecule has 1 heterocycles. The van der Waals surface area contributed by atoms with Crippen molar-refractivity contribution >= 4 is 32.0 Å². The first-order valence-corrected chi connectivity index (χ1v) is 14.5.